The fourth-order valence-corrected chi connectivity index (χ4v) is 3.80. The number of amides is 1. The molecule has 0 radical (unpaired) electrons. The summed E-state index contributed by atoms with van der Waals surface area (Å²) >= 11 is 1.59. The predicted octanol–water partition coefficient (Wildman–Crippen LogP) is 2.20. The molecule has 2 atom stereocenters. The van der Waals surface area contributed by atoms with E-state index < -0.39 is 0 Å². The lowest BCUT2D eigenvalue weighted by Gasteiger charge is -2.54. The maximum absolute atomic E-state index is 11.7. The number of thioether (sulfide) groups is 1. The van der Waals surface area contributed by atoms with Gasteiger partial charge in [0.2, 0.25) is 5.91 Å². The maximum Gasteiger partial charge on any atom is 0.230 e. The fraction of sp³-hybridized carbons (Fsp3) is 0.923. The van der Waals surface area contributed by atoms with E-state index in [0.29, 0.717) is 17.9 Å². The molecule has 0 aliphatic heterocycles. The normalized spacial score (nSPS) is 30.2. The standard InChI is InChI=1S/C13H23NO2S/c1-3-16-11-8-10(14-12(15)9-17-2)13(11)6-4-5-7-13/h10-11H,3-9H2,1-2H3,(H,14,15)/t10-,11+/m0/s1. The average molecular weight is 257 g/mol. The van der Waals surface area contributed by atoms with Gasteiger partial charge in [-0.1, -0.05) is 12.8 Å². The van der Waals surface area contributed by atoms with Crippen molar-refractivity contribution in [3.8, 4) is 0 Å². The summed E-state index contributed by atoms with van der Waals surface area (Å²) in [6.45, 7) is 2.85. The SMILES string of the molecule is CCO[C@@H]1C[C@H](NC(=O)CSC)C12CCCC2. The molecular formula is C13H23NO2S. The molecule has 2 saturated carbocycles. The molecule has 0 heterocycles. The zero-order chi connectivity index (χ0) is 12.3. The van der Waals surface area contributed by atoms with E-state index in [1.807, 2.05) is 6.26 Å². The Labute approximate surface area is 108 Å². The Bertz CT molecular complexity index is 277. The number of ether oxygens (including phenoxy) is 1. The van der Waals surface area contributed by atoms with Crippen LogP contribution in [0, 0.1) is 5.41 Å². The van der Waals surface area contributed by atoms with Gasteiger partial charge in [-0.2, -0.15) is 11.8 Å². The second-order valence-corrected chi connectivity index (χ2v) is 6.04. The molecule has 1 spiro atoms. The summed E-state index contributed by atoms with van der Waals surface area (Å²) in [6, 6.07) is 0.362. The van der Waals surface area contributed by atoms with Crippen molar-refractivity contribution in [3.05, 3.63) is 0 Å². The largest absolute Gasteiger partial charge is 0.378 e. The van der Waals surface area contributed by atoms with Crippen LogP contribution in [0.4, 0.5) is 0 Å². The second-order valence-electron chi connectivity index (χ2n) is 5.17. The summed E-state index contributed by atoms with van der Waals surface area (Å²) < 4.78 is 5.83. The maximum atomic E-state index is 11.7. The number of nitrogens with one attached hydrogen (secondary N) is 1. The van der Waals surface area contributed by atoms with Crippen molar-refractivity contribution in [1.82, 2.24) is 5.32 Å². The molecule has 2 fully saturated rings. The van der Waals surface area contributed by atoms with Gasteiger partial charge < -0.3 is 10.1 Å². The molecule has 17 heavy (non-hydrogen) atoms. The highest BCUT2D eigenvalue weighted by molar-refractivity contribution is 7.99. The van der Waals surface area contributed by atoms with Crippen LogP contribution in [0.25, 0.3) is 0 Å². The van der Waals surface area contributed by atoms with Crippen LogP contribution in [0.1, 0.15) is 39.0 Å². The van der Waals surface area contributed by atoms with Gasteiger partial charge in [-0.15, -0.1) is 0 Å². The molecule has 0 unspecified atom stereocenters. The molecule has 3 nitrogen and oxygen atoms in total. The smallest absolute Gasteiger partial charge is 0.230 e. The molecule has 1 N–H and O–H groups in total. The molecule has 0 saturated heterocycles. The molecule has 2 aliphatic carbocycles. The third-order valence-electron chi connectivity index (χ3n) is 4.30. The van der Waals surface area contributed by atoms with Crippen LogP contribution in [0.3, 0.4) is 0 Å². The van der Waals surface area contributed by atoms with E-state index in [1.165, 1.54) is 25.7 Å². The van der Waals surface area contributed by atoms with E-state index >= 15 is 0 Å². The first-order chi connectivity index (χ1) is 8.23. The molecule has 98 valence electrons. The van der Waals surface area contributed by atoms with Crippen LogP contribution < -0.4 is 5.32 Å². The highest BCUT2D eigenvalue weighted by atomic mass is 32.2. The third-order valence-corrected chi connectivity index (χ3v) is 4.85. The van der Waals surface area contributed by atoms with Gasteiger partial charge in [-0.05, 0) is 32.4 Å². The lowest BCUT2D eigenvalue weighted by atomic mass is 9.60. The minimum Gasteiger partial charge on any atom is -0.378 e. The van der Waals surface area contributed by atoms with Gasteiger partial charge in [0.15, 0.2) is 0 Å². The van der Waals surface area contributed by atoms with E-state index in [-0.39, 0.29) is 11.3 Å². The van der Waals surface area contributed by atoms with Crippen LogP contribution in [0.15, 0.2) is 0 Å². The Morgan fingerprint density at radius 2 is 2.18 bits per heavy atom. The van der Waals surface area contributed by atoms with Gasteiger partial charge in [0, 0.05) is 18.1 Å². The lowest BCUT2D eigenvalue weighted by Crippen LogP contribution is -2.63. The van der Waals surface area contributed by atoms with Gasteiger partial charge in [-0.3, -0.25) is 4.79 Å². The zero-order valence-electron chi connectivity index (χ0n) is 10.8. The minimum absolute atomic E-state index is 0.184. The average Bonchev–Trinajstić information content (AvgIpc) is 2.80. The molecule has 0 aromatic heterocycles. The first kappa shape index (κ1) is 13.2. The number of hydrogen-bond donors (Lipinski definition) is 1. The molecule has 1 amide bonds. The van der Waals surface area contributed by atoms with E-state index in [0.717, 1.165) is 13.0 Å². The Morgan fingerprint density at radius 3 is 2.76 bits per heavy atom. The molecular weight excluding hydrogens is 234 g/mol. The summed E-state index contributed by atoms with van der Waals surface area (Å²) in [5.74, 6) is 0.759. The molecule has 4 heteroatoms. The number of carbonyl (C=O) groups is 1. The molecule has 0 bridgehead atoms. The highest BCUT2D eigenvalue weighted by Crippen LogP contribution is 2.54. The predicted molar refractivity (Wildman–Crippen MR) is 71.2 cm³/mol. The zero-order valence-corrected chi connectivity index (χ0v) is 11.6. The first-order valence-electron chi connectivity index (χ1n) is 6.63. The lowest BCUT2D eigenvalue weighted by molar-refractivity contribution is -0.142. The molecule has 2 aliphatic rings. The molecule has 0 aromatic carbocycles. The van der Waals surface area contributed by atoms with Crippen molar-refractivity contribution in [3.63, 3.8) is 0 Å². The summed E-state index contributed by atoms with van der Waals surface area (Å²) in [4.78, 5) is 11.7. The van der Waals surface area contributed by atoms with Crippen molar-refractivity contribution in [1.29, 1.82) is 0 Å². The van der Waals surface area contributed by atoms with Crippen molar-refractivity contribution in [2.24, 2.45) is 5.41 Å². The Balaban J connectivity index is 1.93. The summed E-state index contributed by atoms with van der Waals surface area (Å²) in [6.07, 6.45) is 8.39. The molecule has 0 aromatic rings. The van der Waals surface area contributed by atoms with Gasteiger partial charge >= 0.3 is 0 Å². The van der Waals surface area contributed by atoms with E-state index in [1.54, 1.807) is 11.8 Å². The number of rotatable bonds is 5. The quantitative estimate of drug-likeness (QED) is 0.820. The van der Waals surface area contributed by atoms with Gasteiger partial charge in [0.25, 0.3) is 0 Å². The van der Waals surface area contributed by atoms with E-state index in [2.05, 4.69) is 12.2 Å². The van der Waals surface area contributed by atoms with Gasteiger partial charge in [-0.25, -0.2) is 0 Å². The van der Waals surface area contributed by atoms with Crippen LogP contribution in [-0.4, -0.2) is 36.7 Å². The first-order valence-corrected chi connectivity index (χ1v) is 8.02. The highest BCUT2D eigenvalue weighted by Gasteiger charge is 2.57. The van der Waals surface area contributed by atoms with Crippen molar-refractivity contribution < 1.29 is 9.53 Å². The third kappa shape index (κ3) is 2.48. The second kappa shape index (κ2) is 5.61. The summed E-state index contributed by atoms with van der Waals surface area (Å²) in [5.41, 5.74) is 0.268. The van der Waals surface area contributed by atoms with Gasteiger partial charge in [0.05, 0.1) is 11.9 Å². The Morgan fingerprint density at radius 1 is 1.47 bits per heavy atom. The van der Waals surface area contributed by atoms with Crippen LogP contribution in [-0.2, 0) is 9.53 Å². The van der Waals surface area contributed by atoms with Crippen molar-refractivity contribution in [2.75, 3.05) is 18.6 Å². The van der Waals surface area contributed by atoms with Gasteiger partial charge in [0.1, 0.15) is 0 Å². The van der Waals surface area contributed by atoms with Crippen LogP contribution in [0.2, 0.25) is 0 Å². The number of hydrogen-bond acceptors (Lipinski definition) is 3. The fourth-order valence-electron chi connectivity index (χ4n) is 3.46. The number of carbonyl (C=O) groups excluding carboxylic acids is 1. The van der Waals surface area contributed by atoms with E-state index in [4.69, 9.17) is 4.74 Å². The monoisotopic (exact) mass is 257 g/mol. The summed E-state index contributed by atoms with van der Waals surface area (Å²) in [5, 5.41) is 3.20. The Hall–Kier alpha value is -0.220. The van der Waals surface area contributed by atoms with Crippen molar-refractivity contribution >= 4 is 17.7 Å². The van der Waals surface area contributed by atoms with Crippen LogP contribution >= 0.6 is 11.8 Å². The summed E-state index contributed by atoms with van der Waals surface area (Å²) in [7, 11) is 0. The Kier molecular flexibility index (Phi) is 4.36. The molecule has 2 rings (SSSR count). The minimum atomic E-state index is 0.184. The van der Waals surface area contributed by atoms with Crippen LogP contribution in [0.5, 0.6) is 0 Å². The van der Waals surface area contributed by atoms with Crippen molar-refractivity contribution in [2.45, 2.75) is 51.2 Å². The topological polar surface area (TPSA) is 38.3 Å². The van der Waals surface area contributed by atoms with E-state index in [9.17, 15) is 4.79 Å².